The molecule has 0 bridgehead atoms. The number of amides is 1. The zero-order chi connectivity index (χ0) is 33.0. The second kappa shape index (κ2) is 13.4. The molecule has 12 nitrogen and oxygen atoms in total. The molecule has 1 fully saturated rings. The molecule has 6 rings (SSSR count). The number of rotatable bonds is 10. The largest absolute Gasteiger partial charge is 0.405 e. The summed E-state index contributed by atoms with van der Waals surface area (Å²) in [5.74, 6) is -0.0660. The van der Waals surface area contributed by atoms with E-state index >= 15 is 0 Å². The lowest BCUT2D eigenvalue weighted by molar-refractivity contribution is -0.0567. The predicted molar refractivity (Wildman–Crippen MR) is 181 cm³/mol. The summed E-state index contributed by atoms with van der Waals surface area (Å²) in [7, 11) is -1.37. The van der Waals surface area contributed by atoms with Gasteiger partial charge in [0.2, 0.25) is 0 Å². The van der Waals surface area contributed by atoms with E-state index in [0.29, 0.717) is 16.7 Å². The molecule has 240 valence electrons. The van der Waals surface area contributed by atoms with E-state index in [0.717, 1.165) is 10.4 Å². The quantitative estimate of drug-likeness (QED) is 0.0941. The lowest BCUT2D eigenvalue weighted by atomic mass is 10.1. The number of methoxy groups -OCH3 is 1. The standard InChI is InChI=1S/C34H36N8O4Si/c1-34(2,3)47(24-16-10-6-11-17-24,25-18-12-7-13-19-25)45-20-26-27(40-41-35)29(44-4)33(46-26)42-22-38-28-30(36-21-37-31(28)42)39-32(43)23-14-8-5-9-15-23/h5-19,21-22,26-27,29,33H,20H2,1-4H3,(H,36,37,39,43)/t26-,27+,29?,33-/m1/s1. The van der Waals surface area contributed by atoms with E-state index < -0.39 is 32.8 Å². The van der Waals surface area contributed by atoms with Crippen LogP contribution >= 0.6 is 0 Å². The number of hydrogen-bond acceptors (Lipinski definition) is 8. The maximum atomic E-state index is 12.9. The van der Waals surface area contributed by atoms with E-state index in [2.05, 4.69) is 75.3 Å². The molecule has 0 saturated carbocycles. The average Bonchev–Trinajstić information content (AvgIpc) is 3.67. The third-order valence-corrected chi connectivity index (χ3v) is 13.6. The van der Waals surface area contributed by atoms with Gasteiger partial charge in [-0.2, -0.15) is 0 Å². The molecule has 1 amide bonds. The molecular weight excluding hydrogens is 613 g/mol. The Labute approximate surface area is 273 Å². The number of ether oxygens (including phenoxy) is 2. The van der Waals surface area contributed by atoms with Gasteiger partial charge < -0.3 is 19.2 Å². The summed E-state index contributed by atoms with van der Waals surface area (Å²) in [6.07, 6.45) is 0.812. The van der Waals surface area contributed by atoms with Crippen molar-refractivity contribution in [2.75, 3.05) is 19.0 Å². The highest BCUT2D eigenvalue weighted by Crippen LogP contribution is 2.40. The van der Waals surface area contributed by atoms with Crippen LogP contribution in [0.1, 0.15) is 37.4 Å². The van der Waals surface area contributed by atoms with Crippen molar-refractivity contribution in [3.8, 4) is 0 Å². The van der Waals surface area contributed by atoms with Crippen LogP contribution < -0.4 is 15.7 Å². The molecule has 47 heavy (non-hydrogen) atoms. The first-order valence-corrected chi connectivity index (χ1v) is 17.2. The maximum absolute atomic E-state index is 12.9. The van der Waals surface area contributed by atoms with Gasteiger partial charge in [-0.25, -0.2) is 15.0 Å². The van der Waals surface area contributed by atoms with Gasteiger partial charge in [-0.05, 0) is 33.1 Å². The fourth-order valence-electron chi connectivity index (χ4n) is 6.40. The van der Waals surface area contributed by atoms with Crippen molar-refractivity contribution >= 4 is 41.6 Å². The van der Waals surface area contributed by atoms with E-state index in [1.54, 1.807) is 42.3 Å². The Morgan fingerprint density at radius 3 is 2.17 bits per heavy atom. The normalized spacial score (nSPS) is 19.7. The van der Waals surface area contributed by atoms with E-state index in [1.165, 1.54) is 6.33 Å². The van der Waals surface area contributed by atoms with Crippen LogP contribution in [0.4, 0.5) is 5.82 Å². The van der Waals surface area contributed by atoms with Crippen molar-refractivity contribution in [3.05, 3.63) is 120 Å². The molecule has 1 unspecified atom stereocenters. The van der Waals surface area contributed by atoms with Gasteiger partial charge >= 0.3 is 0 Å². The molecular formula is C34H36N8O4Si. The molecule has 0 radical (unpaired) electrons. The van der Waals surface area contributed by atoms with Gasteiger partial charge in [-0.1, -0.05) is 105 Å². The zero-order valence-corrected chi connectivity index (χ0v) is 27.6. The molecule has 3 aromatic carbocycles. The number of nitrogens with one attached hydrogen (secondary N) is 1. The highest BCUT2D eigenvalue weighted by Gasteiger charge is 2.53. The Hall–Kier alpha value is -4.91. The van der Waals surface area contributed by atoms with Gasteiger partial charge in [0, 0.05) is 17.6 Å². The highest BCUT2D eigenvalue weighted by molar-refractivity contribution is 6.99. The van der Waals surface area contributed by atoms with Crippen LogP contribution in [0.2, 0.25) is 5.04 Å². The Bertz CT molecular complexity index is 1840. The first-order valence-electron chi connectivity index (χ1n) is 15.3. The molecule has 4 atom stereocenters. The number of nitrogens with zero attached hydrogens (tertiary/aromatic N) is 7. The number of carbonyl (C=O) groups is 1. The number of fused-ring (bicyclic) bond motifs is 1. The minimum absolute atomic E-state index is 0.146. The van der Waals surface area contributed by atoms with Crippen LogP contribution in [0, 0.1) is 0 Å². The van der Waals surface area contributed by atoms with Gasteiger partial charge in [0.15, 0.2) is 23.2 Å². The van der Waals surface area contributed by atoms with Crippen LogP contribution in [0.3, 0.4) is 0 Å². The van der Waals surface area contributed by atoms with Crippen LogP contribution in [0.15, 0.2) is 109 Å². The van der Waals surface area contributed by atoms with Crippen molar-refractivity contribution in [1.29, 1.82) is 0 Å². The van der Waals surface area contributed by atoms with Gasteiger partial charge in [-0.3, -0.25) is 9.36 Å². The number of hydrogen-bond donors (Lipinski definition) is 1. The third kappa shape index (κ3) is 6.02. The van der Waals surface area contributed by atoms with Gasteiger partial charge in [0.05, 0.1) is 25.1 Å². The molecule has 3 heterocycles. The molecule has 0 spiro atoms. The third-order valence-electron chi connectivity index (χ3n) is 8.55. The Morgan fingerprint density at radius 2 is 1.60 bits per heavy atom. The minimum atomic E-state index is -2.92. The molecule has 5 aromatic rings. The molecule has 0 aliphatic carbocycles. The van der Waals surface area contributed by atoms with Crippen LogP contribution in [0.5, 0.6) is 0 Å². The summed E-state index contributed by atoms with van der Waals surface area (Å²) in [6, 6.07) is 28.7. The zero-order valence-electron chi connectivity index (χ0n) is 26.6. The Balaban J connectivity index is 1.34. The van der Waals surface area contributed by atoms with Crippen molar-refractivity contribution < 1.29 is 18.7 Å². The first-order chi connectivity index (χ1) is 22.8. The predicted octanol–water partition coefficient (Wildman–Crippen LogP) is 5.25. The van der Waals surface area contributed by atoms with Crippen LogP contribution in [-0.4, -0.2) is 65.7 Å². The average molecular weight is 649 g/mol. The van der Waals surface area contributed by atoms with E-state index in [9.17, 15) is 10.3 Å². The number of aromatic nitrogens is 4. The Kier molecular flexibility index (Phi) is 9.16. The lowest BCUT2D eigenvalue weighted by Gasteiger charge is -2.43. The van der Waals surface area contributed by atoms with Crippen LogP contribution in [-0.2, 0) is 13.9 Å². The summed E-state index contributed by atoms with van der Waals surface area (Å²) in [5, 5.41) is 8.95. The number of anilines is 1. The van der Waals surface area contributed by atoms with E-state index in [4.69, 9.17) is 13.9 Å². The molecule has 1 aliphatic rings. The van der Waals surface area contributed by atoms with Crippen molar-refractivity contribution in [2.24, 2.45) is 5.11 Å². The minimum Gasteiger partial charge on any atom is -0.405 e. The summed E-state index contributed by atoms with van der Waals surface area (Å²) in [4.78, 5) is 29.3. The van der Waals surface area contributed by atoms with Crippen molar-refractivity contribution in [2.45, 2.75) is 50.3 Å². The lowest BCUT2D eigenvalue weighted by Crippen LogP contribution is -2.67. The molecule has 1 saturated heterocycles. The smallest absolute Gasteiger partial charge is 0.261 e. The number of benzene rings is 3. The highest BCUT2D eigenvalue weighted by atomic mass is 28.4. The van der Waals surface area contributed by atoms with E-state index in [-0.39, 0.29) is 23.4 Å². The summed E-state index contributed by atoms with van der Waals surface area (Å²) in [6.45, 7) is 6.75. The molecule has 1 aliphatic heterocycles. The monoisotopic (exact) mass is 648 g/mol. The number of carbonyl (C=O) groups excluding carboxylic acids is 1. The molecule has 13 heteroatoms. The van der Waals surface area contributed by atoms with E-state index in [1.807, 2.05) is 42.5 Å². The second-order valence-electron chi connectivity index (χ2n) is 12.3. The molecule has 1 N–H and O–H groups in total. The topological polar surface area (TPSA) is 149 Å². The number of imidazole rings is 1. The van der Waals surface area contributed by atoms with Crippen molar-refractivity contribution in [1.82, 2.24) is 19.5 Å². The van der Waals surface area contributed by atoms with Crippen LogP contribution in [0.25, 0.3) is 21.6 Å². The maximum Gasteiger partial charge on any atom is 0.261 e. The van der Waals surface area contributed by atoms with Gasteiger partial charge in [0.1, 0.15) is 12.4 Å². The van der Waals surface area contributed by atoms with Gasteiger partial charge in [0.25, 0.3) is 14.2 Å². The fraction of sp³-hybridized carbons (Fsp3) is 0.294. The van der Waals surface area contributed by atoms with Gasteiger partial charge in [-0.15, -0.1) is 0 Å². The summed E-state index contributed by atoms with van der Waals surface area (Å²) in [5.41, 5.74) is 10.9. The fourth-order valence-corrected chi connectivity index (χ4v) is 11.0. The summed E-state index contributed by atoms with van der Waals surface area (Å²) < 4.78 is 21.4. The SMILES string of the molecule is COC1[C@@H](N=[N+]=[N-])[C@@H](CO[Si](c2ccccc2)(c2ccccc2)C(C)(C)C)O[C@H]1n1cnc2c(NC(=O)c3ccccc3)ncnc21. The first kappa shape index (κ1) is 32.0. The molecule has 2 aromatic heterocycles. The second-order valence-corrected chi connectivity index (χ2v) is 16.6. The summed E-state index contributed by atoms with van der Waals surface area (Å²) >= 11 is 0. The van der Waals surface area contributed by atoms with Crippen molar-refractivity contribution in [3.63, 3.8) is 0 Å². The Morgan fingerprint density at radius 1 is 0.979 bits per heavy atom. The number of azide groups is 1.